The number of hydrogen-bond acceptors (Lipinski definition) is 3. The highest BCUT2D eigenvalue weighted by Crippen LogP contribution is 2.24. The molecule has 0 bridgehead atoms. The second-order valence-corrected chi connectivity index (χ2v) is 5.20. The standard InChI is InChI=1S/C18H19N3/c1-3-19-18(17-11-13(2)8-10-21-17)15-6-7-16-14(12-15)5-4-9-20-16/h4-12,18-19H,3H2,1-2H3. The molecule has 1 aromatic carbocycles. The van der Waals surface area contributed by atoms with Crippen LogP contribution in [0.1, 0.15) is 29.8 Å². The normalized spacial score (nSPS) is 12.5. The molecule has 3 heteroatoms. The predicted molar refractivity (Wildman–Crippen MR) is 86.2 cm³/mol. The first-order valence-electron chi connectivity index (χ1n) is 7.28. The van der Waals surface area contributed by atoms with E-state index in [2.05, 4.69) is 59.5 Å². The maximum Gasteiger partial charge on any atom is 0.0751 e. The zero-order valence-corrected chi connectivity index (χ0v) is 12.4. The molecule has 21 heavy (non-hydrogen) atoms. The topological polar surface area (TPSA) is 37.8 Å². The number of fused-ring (bicyclic) bond motifs is 1. The summed E-state index contributed by atoms with van der Waals surface area (Å²) in [4.78, 5) is 8.92. The molecule has 3 rings (SSSR count). The summed E-state index contributed by atoms with van der Waals surface area (Å²) in [5.41, 5.74) is 4.52. The Morgan fingerprint density at radius 1 is 1.05 bits per heavy atom. The van der Waals surface area contributed by atoms with Crippen molar-refractivity contribution in [1.29, 1.82) is 0 Å². The maximum atomic E-state index is 4.54. The van der Waals surface area contributed by atoms with Crippen LogP contribution in [0.15, 0.2) is 54.9 Å². The number of aryl methyl sites for hydroxylation is 1. The highest BCUT2D eigenvalue weighted by atomic mass is 14.9. The minimum atomic E-state index is 0.111. The Morgan fingerprint density at radius 3 is 2.76 bits per heavy atom. The fourth-order valence-electron chi connectivity index (χ4n) is 2.59. The van der Waals surface area contributed by atoms with Crippen LogP contribution in [0.5, 0.6) is 0 Å². The Bertz CT molecular complexity index is 752. The molecule has 1 N–H and O–H groups in total. The van der Waals surface area contributed by atoms with Crippen molar-refractivity contribution >= 4 is 10.9 Å². The summed E-state index contributed by atoms with van der Waals surface area (Å²) >= 11 is 0. The summed E-state index contributed by atoms with van der Waals surface area (Å²) in [5.74, 6) is 0. The fraction of sp³-hybridized carbons (Fsp3) is 0.222. The van der Waals surface area contributed by atoms with Crippen LogP contribution in [0.25, 0.3) is 10.9 Å². The first-order valence-corrected chi connectivity index (χ1v) is 7.28. The lowest BCUT2D eigenvalue weighted by atomic mass is 10.00. The second-order valence-electron chi connectivity index (χ2n) is 5.20. The molecule has 1 unspecified atom stereocenters. The van der Waals surface area contributed by atoms with Gasteiger partial charge in [0.1, 0.15) is 0 Å². The van der Waals surface area contributed by atoms with Crippen LogP contribution in [0.3, 0.4) is 0 Å². The van der Waals surface area contributed by atoms with Gasteiger partial charge in [-0.05, 0) is 54.9 Å². The van der Waals surface area contributed by atoms with Crippen LogP contribution in [0, 0.1) is 6.92 Å². The third-order valence-electron chi connectivity index (χ3n) is 3.60. The van der Waals surface area contributed by atoms with Crippen molar-refractivity contribution < 1.29 is 0 Å². The van der Waals surface area contributed by atoms with Crippen molar-refractivity contribution in [3.05, 3.63) is 71.7 Å². The summed E-state index contributed by atoms with van der Waals surface area (Å²) in [6.07, 6.45) is 3.70. The van der Waals surface area contributed by atoms with Crippen molar-refractivity contribution in [2.45, 2.75) is 19.9 Å². The van der Waals surface area contributed by atoms with Crippen molar-refractivity contribution in [3.8, 4) is 0 Å². The van der Waals surface area contributed by atoms with Crippen molar-refractivity contribution in [2.24, 2.45) is 0 Å². The second kappa shape index (κ2) is 6.02. The monoisotopic (exact) mass is 277 g/mol. The average molecular weight is 277 g/mol. The van der Waals surface area contributed by atoms with Crippen LogP contribution in [-0.2, 0) is 0 Å². The van der Waals surface area contributed by atoms with E-state index in [-0.39, 0.29) is 6.04 Å². The highest BCUT2D eigenvalue weighted by Gasteiger charge is 2.14. The van der Waals surface area contributed by atoms with Gasteiger partial charge in [-0.1, -0.05) is 19.1 Å². The van der Waals surface area contributed by atoms with Gasteiger partial charge in [0.2, 0.25) is 0 Å². The predicted octanol–water partition coefficient (Wildman–Crippen LogP) is 3.64. The minimum Gasteiger partial charge on any atom is -0.305 e. The van der Waals surface area contributed by atoms with E-state index < -0.39 is 0 Å². The molecule has 0 spiro atoms. The van der Waals surface area contributed by atoms with Gasteiger partial charge in [0.25, 0.3) is 0 Å². The molecule has 0 aliphatic carbocycles. The first kappa shape index (κ1) is 13.7. The Kier molecular flexibility index (Phi) is 3.93. The van der Waals surface area contributed by atoms with Gasteiger partial charge in [0.15, 0.2) is 0 Å². The summed E-state index contributed by atoms with van der Waals surface area (Å²) in [6.45, 7) is 5.11. The molecule has 3 nitrogen and oxygen atoms in total. The molecule has 106 valence electrons. The average Bonchev–Trinajstić information content (AvgIpc) is 2.52. The van der Waals surface area contributed by atoms with Crippen LogP contribution in [-0.4, -0.2) is 16.5 Å². The smallest absolute Gasteiger partial charge is 0.0751 e. The number of rotatable bonds is 4. The van der Waals surface area contributed by atoms with Gasteiger partial charge >= 0.3 is 0 Å². The largest absolute Gasteiger partial charge is 0.305 e. The molecule has 0 saturated carbocycles. The molecule has 3 aromatic rings. The van der Waals surface area contributed by atoms with E-state index in [9.17, 15) is 0 Å². The van der Waals surface area contributed by atoms with Crippen LogP contribution >= 0.6 is 0 Å². The summed E-state index contributed by atoms with van der Waals surface area (Å²) in [6, 6.07) is 14.7. The van der Waals surface area contributed by atoms with Crippen molar-refractivity contribution in [2.75, 3.05) is 6.54 Å². The molecule has 2 aromatic heterocycles. The van der Waals surface area contributed by atoms with Crippen LogP contribution in [0.4, 0.5) is 0 Å². The zero-order valence-electron chi connectivity index (χ0n) is 12.4. The third-order valence-corrected chi connectivity index (χ3v) is 3.60. The zero-order chi connectivity index (χ0) is 14.7. The number of pyridine rings is 2. The summed E-state index contributed by atoms with van der Waals surface area (Å²) < 4.78 is 0. The number of nitrogens with one attached hydrogen (secondary N) is 1. The third kappa shape index (κ3) is 2.93. The quantitative estimate of drug-likeness (QED) is 0.791. The number of aromatic nitrogens is 2. The maximum absolute atomic E-state index is 4.54. The van der Waals surface area contributed by atoms with Gasteiger partial charge in [-0.2, -0.15) is 0 Å². The van der Waals surface area contributed by atoms with E-state index in [1.54, 1.807) is 0 Å². The fourth-order valence-corrected chi connectivity index (χ4v) is 2.59. The van der Waals surface area contributed by atoms with E-state index in [0.717, 1.165) is 23.1 Å². The van der Waals surface area contributed by atoms with E-state index in [0.29, 0.717) is 0 Å². The summed E-state index contributed by atoms with van der Waals surface area (Å²) in [5, 5.41) is 4.68. The van der Waals surface area contributed by atoms with Gasteiger partial charge in [-0.25, -0.2) is 0 Å². The molecular weight excluding hydrogens is 258 g/mol. The van der Waals surface area contributed by atoms with Crippen LogP contribution < -0.4 is 5.32 Å². The van der Waals surface area contributed by atoms with Gasteiger partial charge in [0, 0.05) is 17.8 Å². The Balaban J connectivity index is 2.06. The molecular formula is C18H19N3. The number of hydrogen-bond donors (Lipinski definition) is 1. The Morgan fingerprint density at radius 2 is 1.95 bits per heavy atom. The lowest BCUT2D eigenvalue weighted by molar-refractivity contribution is 0.615. The lowest BCUT2D eigenvalue weighted by Crippen LogP contribution is -2.23. The lowest BCUT2D eigenvalue weighted by Gasteiger charge is -2.18. The molecule has 1 atom stereocenters. The number of nitrogens with zero attached hydrogens (tertiary/aromatic N) is 2. The highest BCUT2D eigenvalue weighted by molar-refractivity contribution is 5.79. The molecule has 0 radical (unpaired) electrons. The van der Waals surface area contributed by atoms with Crippen molar-refractivity contribution in [1.82, 2.24) is 15.3 Å². The number of benzene rings is 1. The summed E-state index contributed by atoms with van der Waals surface area (Å²) in [7, 11) is 0. The first-order chi connectivity index (χ1) is 10.3. The van der Waals surface area contributed by atoms with E-state index in [1.807, 2.05) is 24.5 Å². The van der Waals surface area contributed by atoms with Gasteiger partial charge in [0.05, 0.1) is 17.3 Å². The molecule has 0 amide bonds. The minimum absolute atomic E-state index is 0.111. The molecule has 0 fully saturated rings. The van der Waals surface area contributed by atoms with Gasteiger partial charge in [-0.15, -0.1) is 0 Å². The Labute approximate surface area is 125 Å². The SMILES string of the molecule is CCNC(c1ccc2ncccc2c1)c1cc(C)ccn1. The Hall–Kier alpha value is -2.26. The molecule has 2 heterocycles. The molecule has 0 aliphatic heterocycles. The van der Waals surface area contributed by atoms with Crippen molar-refractivity contribution in [3.63, 3.8) is 0 Å². The molecule has 0 saturated heterocycles. The van der Waals surface area contributed by atoms with Gasteiger partial charge in [-0.3, -0.25) is 9.97 Å². The van der Waals surface area contributed by atoms with E-state index in [1.165, 1.54) is 11.1 Å². The van der Waals surface area contributed by atoms with E-state index >= 15 is 0 Å². The van der Waals surface area contributed by atoms with Gasteiger partial charge < -0.3 is 5.32 Å². The molecule has 0 aliphatic rings. The van der Waals surface area contributed by atoms with Crippen LogP contribution in [0.2, 0.25) is 0 Å². The van der Waals surface area contributed by atoms with E-state index in [4.69, 9.17) is 0 Å².